The van der Waals surface area contributed by atoms with Crippen molar-refractivity contribution in [3.8, 4) is 0 Å². The third kappa shape index (κ3) is 4.57. The lowest BCUT2D eigenvalue weighted by Gasteiger charge is -2.22. The number of hydrogen-bond donors (Lipinski definition) is 2. The number of carboxylic acid groups (broad SMARTS) is 1. The van der Waals surface area contributed by atoms with Crippen LogP contribution in [-0.4, -0.2) is 30.2 Å². The van der Waals surface area contributed by atoms with Gasteiger partial charge in [-0.3, -0.25) is 9.69 Å². The van der Waals surface area contributed by atoms with E-state index in [1.807, 2.05) is 38.1 Å². The zero-order valence-corrected chi connectivity index (χ0v) is 12.2. The fourth-order valence-electron chi connectivity index (χ4n) is 1.85. The fourth-order valence-corrected chi connectivity index (χ4v) is 1.85. The van der Waals surface area contributed by atoms with E-state index in [-0.39, 0.29) is 6.03 Å². The van der Waals surface area contributed by atoms with Gasteiger partial charge in [-0.15, -0.1) is 0 Å². The van der Waals surface area contributed by atoms with Crippen LogP contribution in [-0.2, 0) is 4.79 Å². The quantitative estimate of drug-likeness (QED) is 0.840. The van der Waals surface area contributed by atoms with Crippen molar-refractivity contribution in [2.45, 2.75) is 27.2 Å². The summed E-state index contributed by atoms with van der Waals surface area (Å²) < 4.78 is 0. The van der Waals surface area contributed by atoms with Crippen molar-refractivity contribution >= 4 is 17.7 Å². The van der Waals surface area contributed by atoms with E-state index in [0.717, 1.165) is 11.3 Å². The molecule has 1 rings (SSSR count). The molecule has 0 aliphatic heterocycles. The molecule has 20 heavy (non-hydrogen) atoms. The average Bonchev–Trinajstić information content (AvgIpc) is 2.39. The largest absolute Gasteiger partial charge is 0.481 e. The van der Waals surface area contributed by atoms with Crippen LogP contribution in [0.3, 0.4) is 0 Å². The lowest BCUT2D eigenvalue weighted by atomic mass is 10.1. The van der Waals surface area contributed by atoms with Crippen LogP contribution in [0.5, 0.6) is 0 Å². The summed E-state index contributed by atoms with van der Waals surface area (Å²) in [6, 6.07) is 7.52. The molecule has 1 aromatic rings. The van der Waals surface area contributed by atoms with Crippen molar-refractivity contribution in [1.82, 2.24) is 5.32 Å². The Morgan fingerprint density at radius 3 is 2.65 bits per heavy atom. The second kappa shape index (κ2) is 7.53. The summed E-state index contributed by atoms with van der Waals surface area (Å²) in [5.74, 6) is -1.30. The van der Waals surface area contributed by atoms with Gasteiger partial charge in [-0.25, -0.2) is 4.79 Å². The monoisotopic (exact) mass is 278 g/mol. The Bertz CT molecular complexity index is 474. The molecule has 0 aliphatic carbocycles. The molecule has 0 saturated carbocycles. The van der Waals surface area contributed by atoms with Crippen molar-refractivity contribution in [3.63, 3.8) is 0 Å². The van der Waals surface area contributed by atoms with Gasteiger partial charge in [0.25, 0.3) is 0 Å². The lowest BCUT2D eigenvalue weighted by molar-refractivity contribution is -0.141. The van der Waals surface area contributed by atoms with Gasteiger partial charge in [0.05, 0.1) is 5.92 Å². The summed E-state index contributed by atoms with van der Waals surface area (Å²) in [6.45, 7) is 6.43. The van der Waals surface area contributed by atoms with Gasteiger partial charge in [0.15, 0.2) is 0 Å². The molecule has 0 fully saturated rings. The van der Waals surface area contributed by atoms with Gasteiger partial charge in [0.2, 0.25) is 0 Å². The number of nitrogens with zero attached hydrogens (tertiary/aromatic N) is 1. The molecule has 1 aromatic carbocycles. The standard InChI is InChI=1S/C15H22N2O3/c1-4-17(13-7-5-6-11(2)10-13)15(20)16-9-8-12(3)14(18)19/h5-7,10,12H,4,8-9H2,1-3H3,(H,16,20)(H,18,19). The molecule has 2 N–H and O–H groups in total. The van der Waals surface area contributed by atoms with Crippen molar-refractivity contribution in [2.75, 3.05) is 18.0 Å². The molecule has 0 heterocycles. The van der Waals surface area contributed by atoms with Gasteiger partial charge in [0, 0.05) is 18.8 Å². The maximum absolute atomic E-state index is 12.1. The molecule has 5 nitrogen and oxygen atoms in total. The number of anilines is 1. The number of carboxylic acids is 1. The molecule has 0 saturated heterocycles. The first-order valence-electron chi connectivity index (χ1n) is 6.80. The molecule has 1 atom stereocenters. The number of aliphatic carboxylic acids is 1. The minimum Gasteiger partial charge on any atom is -0.481 e. The van der Waals surface area contributed by atoms with Gasteiger partial charge in [-0.2, -0.15) is 0 Å². The van der Waals surface area contributed by atoms with Gasteiger partial charge in [-0.05, 0) is 38.0 Å². The van der Waals surface area contributed by atoms with Crippen LogP contribution in [0.2, 0.25) is 0 Å². The Hall–Kier alpha value is -2.04. The normalized spacial score (nSPS) is 11.8. The molecule has 0 aliphatic rings. The van der Waals surface area contributed by atoms with E-state index in [2.05, 4.69) is 5.32 Å². The number of amides is 2. The number of urea groups is 1. The van der Waals surface area contributed by atoms with E-state index in [0.29, 0.717) is 19.5 Å². The Morgan fingerprint density at radius 1 is 1.40 bits per heavy atom. The second-order valence-corrected chi connectivity index (χ2v) is 4.84. The van der Waals surface area contributed by atoms with Gasteiger partial charge in [0.1, 0.15) is 0 Å². The summed E-state index contributed by atoms with van der Waals surface area (Å²) in [4.78, 5) is 24.4. The minimum absolute atomic E-state index is 0.198. The van der Waals surface area contributed by atoms with Crippen molar-refractivity contribution < 1.29 is 14.7 Å². The summed E-state index contributed by atoms with van der Waals surface area (Å²) >= 11 is 0. The smallest absolute Gasteiger partial charge is 0.321 e. The molecule has 0 radical (unpaired) electrons. The van der Waals surface area contributed by atoms with Crippen LogP contribution in [0, 0.1) is 12.8 Å². The summed E-state index contributed by atoms with van der Waals surface area (Å²) in [7, 11) is 0. The molecular weight excluding hydrogens is 256 g/mol. The Morgan fingerprint density at radius 2 is 2.10 bits per heavy atom. The highest BCUT2D eigenvalue weighted by Gasteiger charge is 2.15. The number of carbonyl (C=O) groups excluding carboxylic acids is 1. The first kappa shape index (κ1) is 16.0. The molecule has 2 amide bonds. The number of rotatable bonds is 6. The third-order valence-electron chi connectivity index (χ3n) is 3.15. The molecule has 0 aromatic heterocycles. The Balaban J connectivity index is 2.58. The van der Waals surface area contributed by atoms with Gasteiger partial charge in [-0.1, -0.05) is 19.1 Å². The van der Waals surface area contributed by atoms with Crippen LogP contribution in [0.25, 0.3) is 0 Å². The van der Waals surface area contributed by atoms with Gasteiger partial charge < -0.3 is 10.4 Å². The van der Waals surface area contributed by atoms with Crippen LogP contribution in [0.15, 0.2) is 24.3 Å². The van der Waals surface area contributed by atoms with Crippen LogP contribution in [0.4, 0.5) is 10.5 Å². The molecule has 5 heteroatoms. The molecule has 0 spiro atoms. The zero-order valence-electron chi connectivity index (χ0n) is 12.2. The summed E-state index contributed by atoms with van der Waals surface area (Å²) in [5, 5.41) is 11.5. The number of aryl methyl sites for hydroxylation is 1. The highest BCUT2D eigenvalue weighted by molar-refractivity contribution is 5.91. The van der Waals surface area contributed by atoms with Crippen molar-refractivity contribution in [3.05, 3.63) is 29.8 Å². The second-order valence-electron chi connectivity index (χ2n) is 4.84. The van der Waals surface area contributed by atoms with E-state index in [1.165, 1.54) is 0 Å². The number of hydrogen-bond acceptors (Lipinski definition) is 2. The third-order valence-corrected chi connectivity index (χ3v) is 3.15. The molecule has 0 bridgehead atoms. The fraction of sp³-hybridized carbons (Fsp3) is 0.467. The maximum Gasteiger partial charge on any atom is 0.321 e. The Labute approximate surface area is 119 Å². The SMILES string of the molecule is CCN(C(=O)NCCC(C)C(=O)O)c1cccc(C)c1. The number of carbonyl (C=O) groups is 2. The van der Waals surface area contributed by atoms with Gasteiger partial charge >= 0.3 is 12.0 Å². The molecule has 110 valence electrons. The van der Waals surface area contributed by atoms with E-state index < -0.39 is 11.9 Å². The average molecular weight is 278 g/mol. The van der Waals surface area contributed by atoms with E-state index in [1.54, 1.807) is 11.8 Å². The first-order valence-corrected chi connectivity index (χ1v) is 6.80. The number of nitrogens with one attached hydrogen (secondary N) is 1. The van der Waals surface area contributed by atoms with Crippen molar-refractivity contribution in [1.29, 1.82) is 0 Å². The summed E-state index contributed by atoms with van der Waals surface area (Å²) in [5.41, 5.74) is 1.93. The Kier molecular flexibility index (Phi) is 6.03. The molecule has 1 unspecified atom stereocenters. The summed E-state index contributed by atoms with van der Waals surface area (Å²) in [6.07, 6.45) is 0.423. The predicted molar refractivity (Wildman–Crippen MR) is 79.0 cm³/mol. The van der Waals surface area contributed by atoms with Crippen LogP contribution >= 0.6 is 0 Å². The van der Waals surface area contributed by atoms with Crippen LogP contribution in [0.1, 0.15) is 25.8 Å². The predicted octanol–water partition coefficient (Wildman–Crippen LogP) is 2.64. The highest BCUT2D eigenvalue weighted by atomic mass is 16.4. The van der Waals surface area contributed by atoms with E-state index >= 15 is 0 Å². The van der Waals surface area contributed by atoms with E-state index in [9.17, 15) is 9.59 Å². The molecular formula is C15H22N2O3. The zero-order chi connectivity index (χ0) is 15.1. The van der Waals surface area contributed by atoms with E-state index in [4.69, 9.17) is 5.11 Å². The maximum atomic E-state index is 12.1. The lowest BCUT2D eigenvalue weighted by Crippen LogP contribution is -2.40. The number of benzene rings is 1. The van der Waals surface area contributed by atoms with Crippen LogP contribution < -0.4 is 10.2 Å². The highest BCUT2D eigenvalue weighted by Crippen LogP contribution is 2.15. The minimum atomic E-state index is -0.842. The topological polar surface area (TPSA) is 69.6 Å². The van der Waals surface area contributed by atoms with Crippen molar-refractivity contribution in [2.24, 2.45) is 5.92 Å². The first-order chi connectivity index (χ1) is 9.45.